The molecule has 0 aliphatic carbocycles. The Balaban J connectivity index is 1.98. The molecule has 1 rings (SSSR count). The molecule has 0 saturated carbocycles. The van der Waals surface area contributed by atoms with Crippen LogP contribution in [0.1, 0.15) is 12.8 Å². The van der Waals surface area contributed by atoms with Gasteiger partial charge < -0.3 is 15.8 Å². The van der Waals surface area contributed by atoms with E-state index in [9.17, 15) is 9.59 Å². The molecule has 0 aromatic carbocycles. The van der Waals surface area contributed by atoms with Crippen LogP contribution in [0.2, 0.25) is 0 Å². The summed E-state index contributed by atoms with van der Waals surface area (Å²) in [5.74, 6) is -0.889. The highest BCUT2D eigenvalue weighted by Crippen LogP contribution is 1.97. The number of amides is 2. The Morgan fingerprint density at radius 2 is 2.00 bits per heavy atom. The predicted molar refractivity (Wildman–Crippen MR) is 58.7 cm³/mol. The molecular weight excluding hydrogens is 210 g/mol. The van der Waals surface area contributed by atoms with Gasteiger partial charge in [-0.05, 0) is 13.0 Å². The Morgan fingerprint density at radius 3 is 2.62 bits per heavy atom. The lowest BCUT2D eigenvalue weighted by Crippen LogP contribution is -2.38. The predicted octanol–water partition coefficient (Wildman–Crippen LogP) is -1.30. The van der Waals surface area contributed by atoms with Crippen LogP contribution >= 0.6 is 0 Å². The molecule has 6 heteroatoms. The van der Waals surface area contributed by atoms with E-state index in [1.54, 1.807) is 0 Å². The SMILES string of the molecule is NC(=O)CC(=O)NCCCN1CCOCC1. The number of nitrogens with two attached hydrogens (primary N) is 1. The van der Waals surface area contributed by atoms with Crippen LogP contribution in [0.25, 0.3) is 0 Å². The highest BCUT2D eigenvalue weighted by atomic mass is 16.5. The van der Waals surface area contributed by atoms with E-state index in [0.29, 0.717) is 6.54 Å². The minimum Gasteiger partial charge on any atom is -0.379 e. The summed E-state index contributed by atoms with van der Waals surface area (Å²) in [6.07, 6.45) is 0.655. The van der Waals surface area contributed by atoms with Gasteiger partial charge in [-0.3, -0.25) is 14.5 Å². The van der Waals surface area contributed by atoms with E-state index in [0.717, 1.165) is 39.3 Å². The van der Waals surface area contributed by atoms with E-state index in [1.165, 1.54) is 0 Å². The van der Waals surface area contributed by atoms with Crippen molar-refractivity contribution in [1.29, 1.82) is 0 Å². The Morgan fingerprint density at radius 1 is 1.31 bits per heavy atom. The molecule has 1 aliphatic rings. The second-order valence-corrected chi connectivity index (χ2v) is 3.80. The second-order valence-electron chi connectivity index (χ2n) is 3.80. The maximum absolute atomic E-state index is 11.1. The van der Waals surface area contributed by atoms with Crippen LogP contribution in [-0.4, -0.2) is 56.1 Å². The van der Waals surface area contributed by atoms with Crippen LogP contribution in [0.3, 0.4) is 0 Å². The van der Waals surface area contributed by atoms with Crippen molar-refractivity contribution < 1.29 is 14.3 Å². The third-order valence-corrected chi connectivity index (χ3v) is 2.41. The summed E-state index contributed by atoms with van der Waals surface area (Å²) in [5, 5.41) is 2.66. The molecule has 0 unspecified atom stereocenters. The first-order valence-corrected chi connectivity index (χ1v) is 5.53. The summed E-state index contributed by atoms with van der Waals surface area (Å²) in [4.78, 5) is 23.8. The van der Waals surface area contributed by atoms with Crippen LogP contribution in [0, 0.1) is 0 Å². The van der Waals surface area contributed by atoms with Gasteiger partial charge in [-0.1, -0.05) is 0 Å². The summed E-state index contributed by atoms with van der Waals surface area (Å²) >= 11 is 0. The molecule has 0 radical (unpaired) electrons. The molecular formula is C10H19N3O3. The number of rotatable bonds is 6. The monoisotopic (exact) mass is 229 g/mol. The number of hydrogen-bond acceptors (Lipinski definition) is 4. The van der Waals surface area contributed by atoms with Crippen molar-refractivity contribution in [2.75, 3.05) is 39.4 Å². The number of ether oxygens (including phenoxy) is 1. The average molecular weight is 229 g/mol. The van der Waals surface area contributed by atoms with Gasteiger partial charge in [-0.25, -0.2) is 0 Å². The molecule has 0 spiro atoms. The van der Waals surface area contributed by atoms with Crippen LogP contribution in [0.5, 0.6) is 0 Å². The first kappa shape index (κ1) is 12.9. The van der Waals surface area contributed by atoms with E-state index in [1.807, 2.05) is 0 Å². The highest BCUT2D eigenvalue weighted by molar-refractivity contribution is 5.95. The summed E-state index contributed by atoms with van der Waals surface area (Å²) in [5.41, 5.74) is 4.89. The summed E-state index contributed by atoms with van der Waals surface area (Å²) in [6.45, 7) is 5.01. The van der Waals surface area contributed by atoms with Crippen LogP contribution in [0.4, 0.5) is 0 Å². The lowest BCUT2D eigenvalue weighted by Gasteiger charge is -2.26. The molecule has 16 heavy (non-hydrogen) atoms. The van der Waals surface area contributed by atoms with Gasteiger partial charge >= 0.3 is 0 Å². The molecule has 1 heterocycles. The smallest absolute Gasteiger partial charge is 0.229 e. The van der Waals surface area contributed by atoms with Crippen molar-refractivity contribution in [2.45, 2.75) is 12.8 Å². The number of carbonyl (C=O) groups is 2. The second kappa shape index (κ2) is 7.19. The summed E-state index contributed by atoms with van der Waals surface area (Å²) in [6, 6.07) is 0. The standard InChI is InChI=1S/C10H19N3O3/c11-9(14)8-10(15)12-2-1-3-13-4-6-16-7-5-13/h1-8H2,(H2,11,14)(H,12,15). The van der Waals surface area contributed by atoms with Gasteiger partial charge in [0, 0.05) is 19.6 Å². The van der Waals surface area contributed by atoms with Crippen molar-refractivity contribution >= 4 is 11.8 Å². The third kappa shape index (κ3) is 5.67. The van der Waals surface area contributed by atoms with Gasteiger partial charge in [-0.2, -0.15) is 0 Å². The third-order valence-electron chi connectivity index (χ3n) is 2.41. The first-order valence-electron chi connectivity index (χ1n) is 5.53. The normalized spacial score (nSPS) is 17.0. The van der Waals surface area contributed by atoms with Crippen LogP contribution in [0.15, 0.2) is 0 Å². The fraction of sp³-hybridized carbons (Fsp3) is 0.800. The van der Waals surface area contributed by atoms with Crippen LogP contribution in [-0.2, 0) is 14.3 Å². The van der Waals surface area contributed by atoms with E-state index in [2.05, 4.69) is 10.2 Å². The molecule has 1 aliphatic heterocycles. The molecule has 0 bridgehead atoms. The lowest BCUT2D eigenvalue weighted by atomic mass is 10.3. The van der Waals surface area contributed by atoms with Crippen molar-refractivity contribution in [2.24, 2.45) is 5.73 Å². The van der Waals surface area contributed by atoms with Gasteiger partial charge in [0.2, 0.25) is 11.8 Å². The molecule has 0 aromatic heterocycles. The minimum absolute atomic E-state index is 0.225. The zero-order chi connectivity index (χ0) is 11.8. The number of carbonyl (C=O) groups excluding carboxylic acids is 2. The van der Waals surface area contributed by atoms with Crippen molar-refractivity contribution in [3.05, 3.63) is 0 Å². The van der Waals surface area contributed by atoms with Crippen molar-refractivity contribution in [1.82, 2.24) is 10.2 Å². The Hall–Kier alpha value is -1.14. The summed E-state index contributed by atoms with van der Waals surface area (Å²) in [7, 11) is 0. The van der Waals surface area contributed by atoms with Crippen molar-refractivity contribution in [3.63, 3.8) is 0 Å². The molecule has 0 atom stereocenters. The van der Waals surface area contributed by atoms with Gasteiger partial charge in [0.15, 0.2) is 0 Å². The minimum atomic E-state index is -0.592. The molecule has 3 N–H and O–H groups in total. The zero-order valence-electron chi connectivity index (χ0n) is 9.41. The molecule has 1 saturated heterocycles. The highest BCUT2D eigenvalue weighted by Gasteiger charge is 2.09. The Kier molecular flexibility index (Phi) is 5.81. The molecule has 0 aromatic rings. The average Bonchev–Trinajstić information content (AvgIpc) is 2.25. The van der Waals surface area contributed by atoms with Crippen molar-refractivity contribution in [3.8, 4) is 0 Å². The van der Waals surface area contributed by atoms with E-state index in [4.69, 9.17) is 10.5 Å². The van der Waals surface area contributed by atoms with Gasteiger partial charge in [0.25, 0.3) is 0 Å². The van der Waals surface area contributed by atoms with E-state index >= 15 is 0 Å². The molecule has 92 valence electrons. The maximum atomic E-state index is 11.1. The number of primary amides is 1. The topological polar surface area (TPSA) is 84.7 Å². The Labute approximate surface area is 95.1 Å². The van der Waals surface area contributed by atoms with E-state index < -0.39 is 5.91 Å². The number of nitrogens with zero attached hydrogens (tertiary/aromatic N) is 1. The van der Waals surface area contributed by atoms with Gasteiger partial charge in [0.05, 0.1) is 13.2 Å². The quantitative estimate of drug-likeness (QED) is 0.438. The Bertz CT molecular complexity index is 239. The van der Waals surface area contributed by atoms with Crippen LogP contribution < -0.4 is 11.1 Å². The maximum Gasteiger partial charge on any atom is 0.229 e. The summed E-state index contributed by atoms with van der Waals surface area (Å²) < 4.78 is 5.23. The fourth-order valence-corrected chi connectivity index (χ4v) is 1.58. The van der Waals surface area contributed by atoms with Gasteiger partial charge in [-0.15, -0.1) is 0 Å². The number of morpholine rings is 1. The fourth-order valence-electron chi connectivity index (χ4n) is 1.58. The molecule has 1 fully saturated rings. The van der Waals surface area contributed by atoms with Gasteiger partial charge in [0.1, 0.15) is 6.42 Å². The zero-order valence-corrected chi connectivity index (χ0v) is 9.41. The first-order chi connectivity index (χ1) is 7.68. The number of hydrogen-bond donors (Lipinski definition) is 2. The lowest BCUT2D eigenvalue weighted by molar-refractivity contribution is -0.127. The molecule has 2 amide bonds. The van der Waals surface area contributed by atoms with E-state index in [-0.39, 0.29) is 12.3 Å². The number of nitrogens with one attached hydrogen (secondary N) is 1. The molecule has 6 nitrogen and oxygen atoms in total. The largest absolute Gasteiger partial charge is 0.379 e.